The van der Waals surface area contributed by atoms with Crippen LogP contribution in [0.15, 0.2) is 11.6 Å². The summed E-state index contributed by atoms with van der Waals surface area (Å²) in [6.07, 6.45) is -1.62. The summed E-state index contributed by atoms with van der Waals surface area (Å²) in [5, 5.41) is 0. The molecule has 196 valence electrons. The van der Waals surface area contributed by atoms with Crippen molar-refractivity contribution >= 4 is 17.7 Å². The number of fused-ring (bicyclic) bond motifs is 5. The summed E-state index contributed by atoms with van der Waals surface area (Å²) >= 11 is 0. The number of rotatable bonds is 5. The van der Waals surface area contributed by atoms with Crippen LogP contribution < -0.4 is 0 Å². The van der Waals surface area contributed by atoms with E-state index in [1.54, 1.807) is 6.08 Å². The van der Waals surface area contributed by atoms with E-state index in [4.69, 9.17) is 18.9 Å². The van der Waals surface area contributed by atoms with Gasteiger partial charge in [0.15, 0.2) is 11.4 Å². The van der Waals surface area contributed by atoms with Crippen LogP contribution in [0.3, 0.4) is 0 Å². The number of esters is 2. The summed E-state index contributed by atoms with van der Waals surface area (Å²) in [7, 11) is 2.67. The van der Waals surface area contributed by atoms with Gasteiger partial charge in [0, 0.05) is 24.9 Å². The Labute approximate surface area is 202 Å². The highest BCUT2D eigenvalue weighted by Crippen LogP contribution is 2.69. The smallest absolute Gasteiger partial charge is 0.467 e. The lowest BCUT2D eigenvalue weighted by atomic mass is 9.45. The minimum atomic E-state index is -5.15. The van der Waals surface area contributed by atoms with E-state index >= 15 is 0 Å². The van der Waals surface area contributed by atoms with Gasteiger partial charge in [-0.3, -0.25) is 4.79 Å². The maximum atomic E-state index is 13.3. The molecule has 0 aromatic carbocycles. The van der Waals surface area contributed by atoms with Gasteiger partial charge in [0.25, 0.3) is 0 Å². The highest BCUT2D eigenvalue weighted by molar-refractivity contribution is 5.91. The van der Waals surface area contributed by atoms with Crippen LogP contribution in [0.5, 0.6) is 0 Å². The van der Waals surface area contributed by atoms with Crippen LogP contribution in [0, 0.1) is 28.6 Å². The number of methoxy groups -OCH3 is 2. The fourth-order valence-corrected chi connectivity index (χ4v) is 7.91. The van der Waals surface area contributed by atoms with E-state index in [2.05, 4.69) is 0 Å². The van der Waals surface area contributed by atoms with Gasteiger partial charge in [-0.25, -0.2) is 9.59 Å². The third kappa shape index (κ3) is 3.91. The highest BCUT2D eigenvalue weighted by Gasteiger charge is 2.71. The second-order valence-corrected chi connectivity index (χ2v) is 10.9. The van der Waals surface area contributed by atoms with E-state index in [1.165, 1.54) is 14.2 Å². The molecule has 0 radical (unpaired) electrons. The standard InChI is InChI=1S/C25H33F3O7/c1-22-9-7-15(29)11-14(22)5-6-16-17-8-10-24(20(30)33-4,34-13-32-3)23(17,2)12-18(19(16)22)35-21(31)25(26,27)28/h11,16-19H,5-10,12-13H2,1-4H3/t16-,17-,18-,19+,22-,23-,24-/m0/s1. The largest absolute Gasteiger partial charge is 0.490 e. The highest BCUT2D eigenvalue weighted by atomic mass is 19.4. The number of allylic oxidation sites excluding steroid dienone is 1. The van der Waals surface area contributed by atoms with Crippen LogP contribution >= 0.6 is 0 Å². The first-order chi connectivity index (χ1) is 16.3. The molecule has 0 aliphatic heterocycles. The molecule has 4 aliphatic carbocycles. The van der Waals surface area contributed by atoms with Gasteiger partial charge < -0.3 is 18.9 Å². The first-order valence-electron chi connectivity index (χ1n) is 12.1. The number of ketones is 1. The predicted octanol–water partition coefficient (Wildman–Crippen LogP) is 4.13. The molecule has 7 nitrogen and oxygen atoms in total. The van der Waals surface area contributed by atoms with Gasteiger partial charge in [0.2, 0.25) is 0 Å². The van der Waals surface area contributed by atoms with Gasteiger partial charge in [-0.05, 0) is 61.9 Å². The van der Waals surface area contributed by atoms with E-state index in [0.717, 1.165) is 5.57 Å². The molecule has 7 atom stereocenters. The molecule has 0 bridgehead atoms. The van der Waals surface area contributed by atoms with Gasteiger partial charge in [-0.2, -0.15) is 13.2 Å². The molecule has 0 spiro atoms. The summed E-state index contributed by atoms with van der Waals surface area (Å²) in [6.45, 7) is 3.62. The van der Waals surface area contributed by atoms with Crippen molar-refractivity contribution in [2.45, 2.75) is 76.7 Å². The molecule has 3 saturated carbocycles. The van der Waals surface area contributed by atoms with Crippen molar-refractivity contribution in [1.82, 2.24) is 0 Å². The lowest BCUT2D eigenvalue weighted by Gasteiger charge is -2.61. The van der Waals surface area contributed by atoms with Crippen molar-refractivity contribution in [3.8, 4) is 0 Å². The van der Waals surface area contributed by atoms with Crippen molar-refractivity contribution in [3.05, 3.63) is 11.6 Å². The molecule has 0 aromatic heterocycles. The predicted molar refractivity (Wildman–Crippen MR) is 116 cm³/mol. The third-order valence-electron chi connectivity index (χ3n) is 9.42. The molecule has 35 heavy (non-hydrogen) atoms. The second-order valence-electron chi connectivity index (χ2n) is 10.9. The lowest BCUT2D eigenvalue weighted by molar-refractivity contribution is -0.242. The van der Waals surface area contributed by atoms with Crippen LogP contribution in [0.2, 0.25) is 0 Å². The Morgan fingerprint density at radius 2 is 1.83 bits per heavy atom. The summed E-state index contributed by atoms with van der Waals surface area (Å²) in [6, 6.07) is 0. The van der Waals surface area contributed by atoms with E-state index in [-0.39, 0.29) is 30.8 Å². The van der Waals surface area contributed by atoms with Crippen molar-refractivity contribution in [1.29, 1.82) is 0 Å². The Bertz CT molecular complexity index is 931. The molecule has 10 heteroatoms. The Morgan fingerprint density at radius 1 is 1.11 bits per heavy atom. The Kier molecular flexibility index (Phi) is 6.62. The first kappa shape index (κ1) is 26.1. The first-order valence-corrected chi connectivity index (χ1v) is 12.1. The lowest BCUT2D eigenvalue weighted by Crippen LogP contribution is -2.63. The third-order valence-corrected chi connectivity index (χ3v) is 9.42. The van der Waals surface area contributed by atoms with Crippen molar-refractivity contribution in [3.63, 3.8) is 0 Å². The number of hydrogen-bond acceptors (Lipinski definition) is 7. The zero-order chi connectivity index (χ0) is 25.8. The SMILES string of the molecule is COCO[C@]1(C(=O)OC)CC[C@H]2[C@@H]3CCC4=CC(=O)CC[C@]4(C)[C@H]3[C@@H](OC(=O)C(F)(F)F)C[C@@]21C. The van der Waals surface area contributed by atoms with Gasteiger partial charge in [0.05, 0.1) is 7.11 Å². The van der Waals surface area contributed by atoms with Crippen LogP contribution in [-0.4, -0.2) is 56.6 Å². The topological polar surface area (TPSA) is 88.1 Å². The molecule has 0 aromatic rings. The number of hydrogen-bond donors (Lipinski definition) is 0. The van der Waals surface area contributed by atoms with Crippen molar-refractivity contribution in [2.24, 2.45) is 28.6 Å². The second kappa shape index (κ2) is 8.87. The fourth-order valence-electron chi connectivity index (χ4n) is 7.91. The summed E-state index contributed by atoms with van der Waals surface area (Å²) in [5.74, 6) is -3.43. The molecule has 4 rings (SSSR count). The maximum Gasteiger partial charge on any atom is 0.490 e. The minimum absolute atomic E-state index is 0.0102. The molecule has 4 aliphatic rings. The molecule has 0 N–H and O–H groups in total. The molecule has 3 fully saturated rings. The van der Waals surface area contributed by atoms with E-state index in [9.17, 15) is 27.6 Å². The Morgan fingerprint density at radius 3 is 2.46 bits per heavy atom. The number of alkyl halides is 3. The van der Waals surface area contributed by atoms with E-state index in [1.807, 2.05) is 13.8 Å². The van der Waals surface area contributed by atoms with Crippen molar-refractivity contribution in [2.75, 3.05) is 21.0 Å². The molecule has 0 saturated heterocycles. The monoisotopic (exact) mass is 502 g/mol. The fraction of sp³-hybridized carbons (Fsp3) is 0.800. The molecule has 0 unspecified atom stereocenters. The van der Waals surface area contributed by atoms with Crippen LogP contribution in [-0.2, 0) is 33.3 Å². The normalized spacial score (nSPS) is 40.8. The van der Waals surface area contributed by atoms with Gasteiger partial charge in [-0.15, -0.1) is 0 Å². The maximum absolute atomic E-state index is 13.3. The van der Waals surface area contributed by atoms with Crippen LogP contribution in [0.4, 0.5) is 13.2 Å². The van der Waals surface area contributed by atoms with E-state index < -0.39 is 46.6 Å². The minimum Gasteiger partial charge on any atom is -0.467 e. The van der Waals surface area contributed by atoms with E-state index in [0.29, 0.717) is 38.5 Å². The van der Waals surface area contributed by atoms with Gasteiger partial charge in [0.1, 0.15) is 12.9 Å². The number of ether oxygens (including phenoxy) is 4. The quantitative estimate of drug-likeness (QED) is 0.413. The number of carbonyl (C=O) groups is 3. The summed E-state index contributed by atoms with van der Waals surface area (Å²) < 4.78 is 61.4. The average Bonchev–Trinajstić information content (AvgIpc) is 3.09. The number of halogens is 3. The van der Waals surface area contributed by atoms with Gasteiger partial charge >= 0.3 is 18.1 Å². The van der Waals surface area contributed by atoms with Crippen LogP contribution in [0.1, 0.15) is 58.8 Å². The molecule has 0 heterocycles. The zero-order valence-electron chi connectivity index (χ0n) is 20.5. The summed E-state index contributed by atoms with van der Waals surface area (Å²) in [4.78, 5) is 37.4. The van der Waals surface area contributed by atoms with Gasteiger partial charge in [-0.1, -0.05) is 19.4 Å². The molecular formula is C25H33F3O7. The Hall–Kier alpha value is -1.94. The molecular weight excluding hydrogens is 469 g/mol. The average molecular weight is 503 g/mol. The van der Waals surface area contributed by atoms with Crippen molar-refractivity contribution < 1.29 is 46.5 Å². The van der Waals surface area contributed by atoms with Crippen LogP contribution in [0.25, 0.3) is 0 Å². The summed E-state index contributed by atoms with van der Waals surface area (Å²) in [5.41, 5.74) is -2.04. The zero-order valence-corrected chi connectivity index (χ0v) is 20.5. The number of carbonyl (C=O) groups excluding carboxylic acids is 3. The molecule has 0 amide bonds. The Balaban J connectivity index is 1.81.